The molecule has 12 rings (SSSR count). The molecule has 268 valence electrons. The van der Waals surface area contributed by atoms with Gasteiger partial charge in [-0.3, -0.25) is 0 Å². The lowest BCUT2D eigenvalue weighted by atomic mass is 10.0. The van der Waals surface area contributed by atoms with E-state index < -0.39 is 0 Å². The first kappa shape index (κ1) is 31.6. The second kappa shape index (κ2) is 12.4. The molecule has 0 spiro atoms. The number of rotatable bonds is 6. The molecule has 0 aliphatic heterocycles. The van der Waals surface area contributed by atoms with Gasteiger partial charge < -0.3 is 23.1 Å². The van der Waals surface area contributed by atoms with Crippen molar-refractivity contribution >= 4 is 111 Å². The molecule has 0 amide bonds. The predicted octanol–water partition coefficient (Wildman–Crippen LogP) is 15.5. The summed E-state index contributed by atoms with van der Waals surface area (Å²) in [6.45, 7) is 0. The standard InChI is InChI=1S/C52H32N2O3/c1-3-15-34(16-4-1)53(35-17-5-2-6-18-35)44-31-37(30-42-50-38-19-8-7-14-33(38)26-29-48(50)57-52(42)44)54(36-27-28-40-39-20-9-11-23-45(39)56-49(40)32-36)43-22-13-25-47-51(43)41-21-10-12-24-46(41)55-47/h1-32H. The van der Waals surface area contributed by atoms with Gasteiger partial charge in [0.05, 0.1) is 16.8 Å². The summed E-state index contributed by atoms with van der Waals surface area (Å²) < 4.78 is 20.0. The quantitative estimate of drug-likeness (QED) is 0.170. The fraction of sp³-hybridized carbons (Fsp3) is 0. The third kappa shape index (κ3) is 4.89. The zero-order valence-electron chi connectivity index (χ0n) is 30.6. The van der Waals surface area contributed by atoms with Gasteiger partial charge in [0.2, 0.25) is 0 Å². The molecule has 0 N–H and O–H groups in total. The van der Waals surface area contributed by atoms with Crippen LogP contribution in [-0.4, -0.2) is 0 Å². The van der Waals surface area contributed by atoms with Gasteiger partial charge in [0.25, 0.3) is 0 Å². The molecule has 3 aromatic heterocycles. The molecule has 9 aromatic carbocycles. The molecule has 0 aliphatic carbocycles. The van der Waals surface area contributed by atoms with Crippen molar-refractivity contribution in [3.05, 3.63) is 194 Å². The van der Waals surface area contributed by atoms with E-state index in [-0.39, 0.29) is 0 Å². The molecule has 0 saturated heterocycles. The molecule has 5 nitrogen and oxygen atoms in total. The number of anilines is 6. The highest BCUT2D eigenvalue weighted by Crippen LogP contribution is 2.50. The Morgan fingerprint density at radius 2 is 0.877 bits per heavy atom. The third-order valence-electron chi connectivity index (χ3n) is 11.2. The van der Waals surface area contributed by atoms with E-state index in [2.05, 4.69) is 180 Å². The Balaban J connectivity index is 1.23. The van der Waals surface area contributed by atoms with E-state index in [9.17, 15) is 0 Å². The van der Waals surface area contributed by atoms with Crippen LogP contribution in [0.15, 0.2) is 207 Å². The maximum Gasteiger partial charge on any atom is 0.159 e. The molecule has 0 aliphatic rings. The van der Waals surface area contributed by atoms with Crippen LogP contribution in [0.25, 0.3) is 76.6 Å². The summed E-state index contributed by atoms with van der Waals surface area (Å²) in [6, 6.07) is 67.7. The van der Waals surface area contributed by atoms with E-state index in [1.54, 1.807) is 0 Å². The van der Waals surface area contributed by atoms with Crippen LogP contribution in [0.1, 0.15) is 0 Å². The number of nitrogens with zero attached hydrogens (tertiary/aromatic N) is 2. The lowest BCUT2D eigenvalue weighted by Gasteiger charge is -2.30. The van der Waals surface area contributed by atoms with Crippen molar-refractivity contribution in [3.8, 4) is 0 Å². The molecule has 0 saturated carbocycles. The molecule has 5 heteroatoms. The van der Waals surface area contributed by atoms with E-state index >= 15 is 0 Å². The monoisotopic (exact) mass is 732 g/mol. The van der Waals surface area contributed by atoms with Gasteiger partial charge in [-0.25, -0.2) is 0 Å². The lowest BCUT2D eigenvalue weighted by molar-refractivity contribution is 0.668. The first-order chi connectivity index (χ1) is 28.3. The second-order valence-electron chi connectivity index (χ2n) is 14.5. The summed E-state index contributed by atoms with van der Waals surface area (Å²) in [5, 5.41) is 8.64. The molecular formula is C52H32N2O3. The molecule has 0 unspecified atom stereocenters. The number of fused-ring (bicyclic) bond motifs is 11. The van der Waals surface area contributed by atoms with Crippen LogP contribution in [0.4, 0.5) is 34.1 Å². The number of para-hydroxylation sites is 4. The highest BCUT2D eigenvalue weighted by Gasteiger charge is 2.26. The summed E-state index contributed by atoms with van der Waals surface area (Å²) in [5.41, 5.74) is 10.8. The summed E-state index contributed by atoms with van der Waals surface area (Å²) in [7, 11) is 0. The fourth-order valence-corrected chi connectivity index (χ4v) is 8.72. The lowest BCUT2D eigenvalue weighted by Crippen LogP contribution is -2.13. The van der Waals surface area contributed by atoms with Crippen molar-refractivity contribution < 1.29 is 13.3 Å². The van der Waals surface area contributed by atoms with Crippen LogP contribution in [0.3, 0.4) is 0 Å². The summed E-state index contributed by atoms with van der Waals surface area (Å²) in [5.74, 6) is 0. The Labute approximate surface area is 326 Å². The Morgan fingerprint density at radius 1 is 0.281 bits per heavy atom. The Bertz CT molecular complexity index is 3450. The van der Waals surface area contributed by atoms with Crippen LogP contribution in [0, 0.1) is 0 Å². The smallest absolute Gasteiger partial charge is 0.159 e. The van der Waals surface area contributed by atoms with E-state index in [4.69, 9.17) is 13.3 Å². The van der Waals surface area contributed by atoms with Crippen molar-refractivity contribution in [2.75, 3.05) is 9.80 Å². The summed E-state index contributed by atoms with van der Waals surface area (Å²) >= 11 is 0. The van der Waals surface area contributed by atoms with Crippen LogP contribution in [-0.2, 0) is 0 Å². The van der Waals surface area contributed by atoms with Gasteiger partial charge >= 0.3 is 0 Å². The highest BCUT2D eigenvalue weighted by molar-refractivity contribution is 6.22. The minimum atomic E-state index is 0.803. The average Bonchev–Trinajstić information content (AvgIpc) is 3.96. The van der Waals surface area contributed by atoms with Gasteiger partial charge in [-0.1, -0.05) is 109 Å². The fourth-order valence-electron chi connectivity index (χ4n) is 8.72. The normalized spacial score (nSPS) is 11.9. The molecule has 0 atom stereocenters. The van der Waals surface area contributed by atoms with Crippen LogP contribution in [0.2, 0.25) is 0 Å². The highest BCUT2D eigenvalue weighted by atomic mass is 16.3. The Morgan fingerprint density at radius 3 is 1.67 bits per heavy atom. The van der Waals surface area contributed by atoms with E-state index in [0.717, 1.165) is 111 Å². The average molecular weight is 733 g/mol. The minimum Gasteiger partial charge on any atom is -0.456 e. The summed E-state index contributed by atoms with van der Waals surface area (Å²) in [4.78, 5) is 4.64. The zero-order chi connectivity index (χ0) is 37.5. The van der Waals surface area contributed by atoms with Gasteiger partial charge in [-0.05, 0) is 89.6 Å². The zero-order valence-corrected chi connectivity index (χ0v) is 30.6. The molecule has 3 heterocycles. The predicted molar refractivity (Wildman–Crippen MR) is 235 cm³/mol. The number of benzene rings is 9. The van der Waals surface area contributed by atoms with E-state index in [0.29, 0.717) is 0 Å². The molecule has 0 bridgehead atoms. The van der Waals surface area contributed by atoms with Gasteiger partial charge in [-0.2, -0.15) is 0 Å². The van der Waals surface area contributed by atoms with Crippen LogP contribution < -0.4 is 9.80 Å². The van der Waals surface area contributed by atoms with Gasteiger partial charge in [0, 0.05) is 55.7 Å². The Hall–Kier alpha value is -7.76. The maximum atomic E-state index is 6.98. The third-order valence-corrected chi connectivity index (χ3v) is 11.2. The largest absolute Gasteiger partial charge is 0.456 e. The number of hydrogen-bond acceptors (Lipinski definition) is 5. The molecule has 12 aromatic rings. The van der Waals surface area contributed by atoms with Crippen molar-refractivity contribution in [1.29, 1.82) is 0 Å². The molecule has 0 radical (unpaired) electrons. The molecule has 0 fully saturated rings. The van der Waals surface area contributed by atoms with Crippen molar-refractivity contribution in [2.24, 2.45) is 0 Å². The topological polar surface area (TPSA) is 45.9 Å². The Kier molecular flexibility index (Phi) is 6.86. The molecule has 57 heavy (non-hydrogen) atoms. The second-order valence-corrected chi connectivity index (χ2v) is 14.5. The molecular weight excluding hydrogens is 701 g/mol. The van der Waals surface area contributed by atoms with Gasteiger partial charge in [0.1, 0.15) is 27.9 Å². The van der Waals surface area contributed by atoms with E-state index in [1.807, 2.05) is 24.3 Å². The minimum absolute atomic E-state index is 0.803. The van der Waals surface area contributed by atoms with Crippen molar-refractivity contribution in [2.45, 2.75) is 0 Å². The van der Waals surface area contributed by atoms with Crippen molar-refractivity contribution in [3.63, 3.8) is 0 Å². The number of hydrogen-bond donors (Lipinski definition) is 0. The SMILES string of the molecule is c1ccc(N(c2ccccc2)c2cc(N(c3ccc4c(c3)oc3ccccc34)c3cccc4oc5ccccc5c34)cc3c2oc2ccc4ccccc4c23)cc1. The van der Waals surface area contributed by atoms with Crippen LogP contribution in [0.5, 0.6) is 0 Å². The van der Waals surface area contributed by atoms with Gasteiger partial charge in [0.15, 0.2) is 5.58 Å². The van der Waals surface area contributed by atoms with Gasteiger partial charge in [-0.15, -0.1) is 0 Å². The van der Waals surface area contributed by atoms with Crippen LogP contribution >= 0.6 is 0 Å². The van der Waals surface area contributed by atoms with Crippen molar-refractivity contribution in [1.82, 2.24) is 0 Å². The van der Waals surface area contributed by atoms with E-state index in [1.165, 1.54) is 0 Å². The maximum absolute atomic E-state index is 6.98. The first-order valence-corrected chi connectivity index (χ1v) is 19.2. The number of furan rings is 3. The summed E-state index contributed by atoms with van der Waals surface area (Å²) in [6.07, 6.45) is 0. The first-order valence-electron chi connectivity index (χ1n) is 19.2.